The Balaban J connectivity index is 1.72. The van der Waals surface area contributed by atoms with Gasteiger partial charge >= 0.3 is 6.18 Å². The number of anilines is 1. The van der Waals surface area contributed by atoms with Gasteiger partial charge in [0.25, 0.3) is 0 Å². The number of nitrogens with two attached hydrogens (primary N) is 1. The second-order valence-corrected chi connectivity index (χ2v) is 8.13. The van der Waals surface area contributed by atoms with E-state index >= 15 is 0 Å². The van der Waals surface area contributed by atoms with Gasteiger partial charge < -0.3 is 11.1 Å². The predicted molar refractivity (Wildman–Crippen MR) is 92.8 cm³/mol. The first kappa shape index (κ1) is 18.2. The van der Waals surface area contributed by atoms with Crippen LogP contribution in [0.5, 0.6) is 0 Å². The Hall–Kier alpha value is -1.55. The molecule has 1 atom stereocenters. The Kier molecular flexibility index (Phi) is 5.10. The maximum Gasteiger partial charge on any atom is 0.405 e. The number of halogens is 3. The molecule has 25 heavy (non-hydrogen) atoms. The summed E-state index contributed by atoms with van der Waals surface area (Å²) in [5.74, 6) is 0.0865. The Labute approximate surface area is 150 Å². The highest BCUT2D eigenvalue weighted by atomic mass is 32.2. The number of nitrogens with zero attached hydrogens (tertiary/aromatic N) is 2. The highest BCUT2D eigenvalue weighted by Gasteiger charge is 2.28. The second kappa shape index (κ2) is 6.99. The first-order valence-electron chi connectivity index (χ1n) is 7.77. The zero-order valence-electron chi connectivity index (χ0n) is 13.4. The van der Waals surface area contributed by atoms with E-state index in [1.807, 2.05) is 5.32 Å². The molecule has 3 N–H and O–H groups in total. The first-order valence-corrected chi connectivity index (χ1v) is 9.57. The third-order valence-electron chi connectivity index (χ3n) is 3.98. The lowest BCUT2D eigenvalue weighted by Gasteiger charge is -2.17. The summed E-state index contributed by atoms with van der Waals surface area (Å²) in [5.41, 5.74) is 7.29. The molecule has 0 aromatic carbocycles. The van der Waals surface area contributed by atoms with Crippen LogP contribution in [-0.2, 0) is 17.6 Å². The first-order chi connectivity index (χ1) is 11.7. The Morgan fingerprint density at radius 3 is 2.92 bits per heavy atom. The van der Waals surface area contributed by atoms with Crippen LogP contribution < -0.4 is 11.1 Å². The number of nitrogens with one attached hydrogen (secondary N) is 1. The SMILES string of the molecule is CC1CCc2c(sc3nc(SCC(=O)NCC(F)(F)F)nc(N)c23)C1. The fourth-order valence-electron chi connectivity index (χ4n) is 2.79. The number of carbonyl (C=O) groups is 1. The van der Waals surface area contributed by atoms with E-state index in [1.165, 1.54) is 10.4 Å². The van der Waals surface area contributed by atoms with Crippen LogP contribution in [0.3, 0.4) is 0 Å². The van der Waals surface area contributed by atoms with Gasteiger partial charge in [-0.25, -0.2) is 9.97 Å². The molecule has 0 saturated heterocycles. The van der Waals surface area contributed by atoms with Gasteiger partial charge in [-0.05, 0) is 30.7 Å². The Morgan fingerprint density at radius 2 is 2.20 bits per heavy atom. The number of amides is 1. The predicted octanol–water partition coefficient (Wildman–Crippen LogP) is 3.17. The summed E-state index contributed by atoms with van der Waals surface area (Å²) in [4.78, 5) is 22.2. The Bertz CT molecular complexity index is 806. The molecule has 0 spiro atoms. The smallest absolute Gasteiger partial charge is 0.383 e. The van der Waals surface area contributed by atoms with Gasteiger partial charge in [-0.3, -0.25) is 4.79 Å². The van der Waals surface area contributed by atoms with Crippen molar-refractivity contribution in [3.63, 3.8) is 0 Å². The van der Waals surface area contributed by atoms with Crippen LogP contribution in [0, 0.1) is 5.92 Å². The van der Waals surface area contributed by atoms with Crippen LogP contribution in [0.2, 0.25) is 0 Å². The normalized spacial score (nSPS) is 17.5. The molecular weight excluding hydrogens is 373 g/mol. The average molecular weight is 390 g/mol. The molecule has 0 saturated carbocycles. The summed E-state index contributed by atoms with van der Waals surface area (Å²) in [6.07, 6.45) is -1.37. The van der Waals surface area contributed by atoms with Gasteiger partial charge in [-0.15, -0.1) is 11.3 Å². The summed E-state index contributed by atoms with van der Waals surface area (Å²) in [6, 6.07) is 0. The van der Waals surface area contributed by atoms with Crippen molar-refractivity contribution in [3.05, 3.63) is 10.4 Å². The molecule has 5 nitrogen and oxygen atoms in total. The monoisotopic (exact) mass is 390 g/mol. The van der Waals surface area contributed by atoms with E-state index in [0.29, 0.717) is 16.9 Å². The summed E-state index contributed by atoms with van der Waals surface area (Å²) in [7, 11) is 0. The maximum absolute atomic E-state index is 12.1. The zero-order valence-corrected chi connectivity index (χ0v) is 15.1. The van der Waals surface area contributed by atoms with E-state index < -0.39 is 18.6 Å². The topological polar surface area (TPSA) is 80.9 Å². The molecule has 1 unspecified atom stereocenters. The number of rotatable bonds is 4. The lowest BCUT2D eigenvalue weighted by molar-refractivity contribution is -0.136. The van der Waals surface area contributed by atoms with E-state index in [9.17, 15) is 18.0 Å². The molecule has 1 aliphatic carbocycles. The van der Waals surface area contributed by atoms with Crippen LogP contribution in [-0.4, -0.2) is 34.3 Å². The quantitative estimate of drug-likeness (QED) is 0.619. The zero-order chi connectivity index (χ0) is 18.2. The molecule has 0 radical (unpaired) electrons. The van der Waals surface area contributed by atoms with Crippen LogP contribution in [0.25, 0.3) is 10.2 Å². The number of thiophene rings is 1. The number of carbonyl (C=O) groups excluding carboxylic acids is 1. The minimum Gasteiger partial charge on any atom is -0.383 e. The molecule has 2 heterocycles. The number of aromatic nitrogens is 2. The standard InChI is InChI=1S/C15H17F3N4OS2/c1-7-2-3-8-9(4-7)25-13-11(8)12(19)21-14(22-13)24-5-10(23)20-6-15(16,17)18/h7H,2-6H2,1H3,(H,20,23)(H2,19,21,22). The minimum atomic E-state index is -4.42. The number of alkyl halides is 3. The van der Waals surface area contributed by atoms with Crippen LogP contribution in [0.1, 0.15) is 23.8 Å². The van der Waals surface area contributed by atoms with Gasteiger partial charge in [0.2, 0.25) is 5.91 Å². The minimum absolute atomic E-state index is 0.191. The van der Waals surface area contributed by atoms with E-state index in [-0.39, 0.29) is 5.75 Å². The molecule has 1 amide bonds. The third-order valence-corrected chi connectivity index (χ3v) is 5.98. The largest absolute Gasteiger partial charge is 0.405 e. The molecule has 0 bridgehead atoms. The van der Waals surface area contributed by atoms with Crippen molar-refractivity contribution in [2.45, 2.75) is 37.5 Å². The van der Waals surface area contributed by atoms with E-state index in [1.54, 1.807) is 11.3 Å². The number of nitrogen functional groups attached to an aromatic ring is 1. The van der Waals surface area contributed by atoms with Crippen molar-refractivity contribution in [3.8, 4) is 0 Å². The van der Waals surface area contributed by atoms with Crippen molar-refractivity contribution < 1.29 is 18.0 Å². The summed E-state index contributed by atoms with van der Waals surface area (Å²) < 4.78 is 36.3. The number of hydrogen-bond donors (Lipinski definition) is 2. The summed E-state index contributed by atoms with van der Waals surface area (Å²) in [6.45, 7) is 0.869. The summed E-state index contributed by atoms with van der Waals surface area (Å²) >= 11 is 2.57. The molecular formula is C15H17F3N4OS2. The fraction of sp³-hybridized carbons (Fsp3) is 0.533. The maximum atomic E-state index is 12.1. The van der Waals surface area contributed by atoms with Gasteiger partial charge in [0.1, 0.15) is 17.2 Å². The summed E-state index contributed by atoms with van der Waals surface area (Å²) in [5, 5.41) is 3.01. The lowest BCUT2D eigenvalue weighted by Crippen LogP contribution is -2.34. The highest BCUT2D eigenvalue weighted by molar-refractivity contribution is 7.99. The number of hydrogen-bond acceptors (Lipinski definition) is 6. The van der Waals surface area contributed by atoms with Crippen molar-refractivity contribution in [2.24, 2.45) is 5.92 Å². The van der Waals surface area contributed by atoms with Gasteiger partial charge in [0, 0.05) is 4.88 Å². The van der Waals surface area contributed by atoms with Gasteiger partial charge in [-0.1, -0.05) is 18.7 Å². The van der Waals surface area contributed by atoms with Crippen molar-refractivity contribution >= 4 is 45.0 Å². The molecule has 2 aromatic heterocycles. The van der Waals surface area contributed by atoms with Gasteiger partial charge in [-0.2, -0.15) is 13.2 Å². The molecule has 0 fully saturated rings. The van der Waals surface area contributed by atoms with Crippen molar-refractivity contribution in [2.75, 3.05) is 18.0 Å². The number of thioether (sulfide) groups is 1. The Morgan fingerprint density at radius 1 is 1.44 bits per heavy atom. The molecule has 136 valence electrons. The molecule has 2 aromatic rings. The van der Waals surface area contributed by atoms with E-state index in [4.69, 9.17) is 5.73 Å². The molecule has 1 aliphatic rings. The molecule has 3 rings (SSSR count). The number of aryl methyl sites for hydroxylation is 1. The fourth-order valence-corrected chi connectivity index (χ4v) is 4.92. The van der Waals surface area contributed by atoms with Gasteiger partial charge in [0.15, 0.2) is 5.16 Å². The average Bonchev–Trinajstić information content (AvgIpc) is 2.87. The highest BCUT2D eigenvalue weighted by Crippen LogP contribution is 2.39. The van der Waals surface area contributed by atoms with Gasteiger partial charge in [0.05, 0.1) is 11.1 Å². The number of fused-ring (bicyclic) bond motifs is 3. The molecule has 10 heteroatoms. The van der Waals surface area contributed by atoms with Crippen LogP contribution in [0.4, 0.5) is 19.0 Å². The van der Waals surface area contributed by atoms with E-state index in [0.717, 1.165) is 41.2 Å². The van der Waals surface area contributed by atoms with Crippen molar-refractivity contribution in [1.82, 2.24) is 15.3 Å². The second-order valence-electron chi connectivity index (χ2n) is 6.10. The molecule has 0 aliphatic heterocycles. The third kappa shape index (κ3) is 4.35. The van der Waals surface area contributed by atoms with Crippen LogP contribution >= 0.6 is 23.1 Å². The van der Waals surface area contributed by atoms with Crippen molar-refractivity contribution in [1.29, 1.82) is 0 Å². The van der Waals surface area contributed by atoms with E-state index in [2.05, 4.69) is 16.9 Å². The lowest BCUT2D eigenvalue weighted by atomic mass is 9.89. The van der Waals surface area contributed by atoms with Crippen LogP contribution in [0.15, 0.2) is 5.16 Å².